The van der Waals surface area contributed by atoms with Crippen LogP contribution in [0.25, 0.3) is 0 Å². The second kappa shape index (κ2) is 8.32. The van der Waals surface area contributed by atoms with Gasteiger partial charge >= 0.3 is 12.1 Å². The van der Waals surface area contributed by atoms with E-state index in [0.29, 0.717) is 5.56 Å². The summed E-state index contributed by atoms with van der Waals surface area (Å²) in [5, 5.41) is 0. The molecule has 2 saturated heterocycles. The van der Waals surface area contributed by atoms with E-state index in [1.165, 1.54) is 12.1 Å². The maximum Gasteiger partial charge on any atom is 0.416 e. The number of morpholine rings is 1. The predicted octanol–water partition coefficient (Wildman–Crippen LogP) is 5.75. The fourth-order valence-electron chi connectivity index (χ4n) is 4.57. The molecular formula is C26H22F3NO3. The van der Waals surface area contributed by atoms with E-state index < -0.39 is 36.1 Å². The van der Waals surface area contributed by atoms with E-state index in [0.717, 1.165) is 28.8 Å². The van der Waals surface area contributed by atoms with Crippen LogP contribution in [0.1, 0.15) is 46.2 Å². The Kier molecular flexibility index (Phi) is 5.46. The molecule has 2 fully saturated rings. The third kappa shape index (κ3) is 4.03. The number of ether oxygens (including phenoxy) is 2. The molecule has 33 heavy (non-hydrogen) atoms. The zero-order chi connectivity index (χ0) is 23.2. The number of carbonyl (C=O) groups is 1. The maximum absolute atomic E-state index is 13.1. The van der Waals surface area contributed by atoms with Gasteiger partial charge in [0.2, 0.25) is 0 Å². The average molecular weight is 453 g/mol. The molecule has 2 aliphatic rings. The highest BCUT2D eigenvalue weighted by molar-refractivity contribution is 5.78. The molecule has 0 N–H and O–H groups in total. The second-order valence-corrected chi connectivity index (χ2v) is 8.39. The first-order valence-corrected chi connectivity index (χ1v) is 10.7. The summed E-state index contributed by atoms with van der Waals surface area (Å²) in [6.45, 7) is 2.16. The molecule has 0 aromatic heterocycles. The van der Waals surface area contributed by atoms with Gasteiger partial charge in [-0.3, -0.25) is 4.79 Å². The molecule has 0 bridgehead atoms. The highest BCUT2D eigenvalue weighted by atomic mass is 19.4. The van der Waals surface area contributed by atoms with E-state index in [2.05, 4.69) is 0 Å². The van der Waals surface area contributed by atoms with Crippen LogP contribution in [-0.2, 0) is 20.4 Å². The van der Waals surface area contributed by atoms with Crippen LogP contribution >= 0.6 is 0 Å². The van der Waals surface area contributed by atoms with Gasteiger partial charge in [-0.1, -0.05) is 72.3 Å². The first-order chi connectivity index (χ1) is 15.8. The number of hydrogen-bond donors (Lipinski definition) is 0. The summed E-state index contributed by atoms with van der Waals surface area (Å²) in [7, 11) is 0. The topological polar surface area (TPSA) is 38.8 Å². The van der Waals surface area contributed by atoms with Gasteiger partial charge in [0.1, 0.15) is 25.0 Å². The Morgan fingerprint density at radius 1 is 0.848 bits per heavy atom. The number of fused-ring (bicyclic) bond motifs is 1. The van der Waals surface area contributed by atoms with E-state index in [-0.39, 0.29) is 12.6 Å². The third-order valence-electron chi connectivity index (χ3n) is 6.25. The molecule has 0 saturated carbocycles. The highest BCUT2D eigenvalue weighted by Crippen LogP contribution is 2.49. The van der Waals surface area contributed by atoms with Crippen molar-refractivity contribution in [1.82, 2.24) is 4.90 Å². The van der Waals surface area contributed by atoms with Gasteiger partial charge in [0.25, 0.3) is 0 Å². The molecule has 0 amide bonds. The van der Waals surface area contributed by atoms with Crippen molar-refractivity contribution < 1.29 is 27.4 Å². The predicted molar refractivity (Wildman–Crippen MR) is 115 cm³/mol. The molecular weight excluding hydrogens is 431 g/mol. The zero-order valence-electron chi connectivity index (χ0n) is 17.8. The average Bonchev–Trinajstić information content (AvgIpc) is 3.21. The van der Waals surface area contributed by atoms with Gasteiger partial charge < -0.3 is 9.47 Å². The number of nitrogens with zero attached hydrogens (tertiary/aromatic N) is 1. The molecule has 3 aromatic carbocycles. The Balaban J connectivity index is 1.57. The van der Waals surface area contributed by atoms with Crippen molar-refractivity contribution in [3.8, 4) is 0 Å². The quantitative estimate of drug-likeness (QED) is 0.473. The molecule has 2 aliphatic heterocycles. The van der Waals surface area contributed by atoms with Crippen LogP contribution in [-0.4, -0.2) is 23.5 Å². The van der Waals surface area contributed by atoms with E-state index in [1.807, 2.05) is 66.4 Å². The number of alkyl halides is 3. The van der Waals surface area contributed by atoms with E-state index in [1.54, 1.807) is 0 Å². The summed E-state index contributed by atoms with van der Waals surface area (Å²) in [4.78, 5) is 15.0. The molecule has 2 heterocycles. The van der Waals surface area contributed by atoms with Crippen molar-refractivity contribution in [2.45, 2.75) is 37.5 Å². The lowest BCUT2D eigenvalue weighted by Gasteiger charge is -2.39. The number of benzene rings is 3. The maximum atomic E-state index is 13.1. The summed E-state index contributed by atoms with van der Waals surface area (Å²) in [6, 6.07) is 21.3. The van der Waals surface area contributed by atoms with Crippen LogP contribution in [0.4, 0.5) is 13.2 Å². The number of carbonyl (C=O) groups excluding carboxylic acids is 1. The normalized spacial score (nSPS) is 25.5. The Hall–Kier alpha value is -3.16. The minimum absolute atomic E-state index is 0.171. The molecule has 3 aromatic rings. The van der Waals surface area contributed by atoms with Crippen molar-refractivity contribution in [2.24, 2.45) is 0 Å². The fourth-order valence-corrected chi connectivity index (χ4v) is 4.57. The van der Waals surface area contributed by atoms with Crippen LogP contribution in [0.15, 0.2) is 78.9 Å². The number of cyclic esters (lactones) is 1. The second-order valence-electron chi connectivity index (χ2n) is 8.39. The number of hydrogen-bond acceptors (Lipinski definition) is 4. The summed E-state index contributed by atoms with van der Waals surface area (Å²) >= 11 is 0. The summed E-state index contributed by atoms with van der Waals surface area (Å²) in [5.41, 5.74) is 2.69. The summed E-state index contributed by atoms with van der Waals surface area (Å²) in [6.07, 6.45) is -5.76. The number of rotatable bonds is 3. The first kappa shape index (κ1) is 21.7. The van der Waals surface area contributed by atoms with Crippen LogP contribution in [0.2, 0.25) is 0 Å². The van der Waals surface area contributed by atoms with Gasteiger partial charge in [0, 0.05) is 0 Å². The van der Waals surface area contributed by atoms with Gasteiger partial charge in [-0.15, -0.1) is 0 Å². The Bertz CT molecular complexity index is 1130. The molecule has 0 radical (unpaired) electrons. The minimum Gasteiger partial charge on any atom is -0.462 e. The Morgan fingerprint density at radius 2 is 1.48 bits per heavy atom. The van der Waals surface area contributed by atoms with Crippen molar-refractivity contribution >= 4 is 5.97 Å². The van der Waals surface area contributed by atoms with Crippen molar-refractivity contribution in [3.63, 3.8) is 0 Å². The first-order valence-electron chi connectivity index (χ1n) is 10.7. The Morgan fingerprint density at radius 3 is 2.12 bits per heavy atom. The molecule has 0 spiro atoms. The SMILES string of the molecule is Cc1ccc([C@@H]2O[C@H](c3ccc(C(F)(F)F)cc3)C3C(=O)OC[C@H](c4ccccc4)N32)cc1. The monoisotopic (exact) mass is 453 g/mol. The van der Waals surface area contributed by atoms with Gasteiger partial charge in [0.15, 0.2) is 0 Å². The van der Waals surface area contributed by atoms with Gasteiger partial charge in [-0.05, 0) is 35.7 Å². The molecule has 5 rings (SSSR count). The van der Waals surface area contributed by atoms with Crippen LogP contribution in [0, 0.1) is 6.92 Å². The van der Waals surface area contributed by atoms with Crippen LogP contribution in [0.5, 0.6) is 0 Å². The fraction of sp³-hybridized carbons (Fsp3) is 0.269. The third-order valence-corrected chi connectivity index (χ3v) is 6.25. The Labute approximate surface area is 189 Å². The lowest BCUT2D eigenvalue weighted by molar-refractivity contribution is -0.163. The molecule has 4 nitrogen and oxygen atoms in total. The van der Waals surface area contributed by atoms with E-state index in [9.17, 15) is 18.0 Å². The summed E-state index contributed by atoms with van der Waals surface area (Å²) in [5.74, 6) is -0.443. The van der Waals surface area contributed by atoms with Crippen molar-refractivity contribution in [2.75, 3.05) is 6.61 Å². The van der Waals surface area contributed by atoms with Crippen LogP contribution < -0.4 is 0 Å². The van der Waals surface area contributed by atoms with Gasteiger partial charge in [0.05, 0.1) is 11.6 Å². The zero-order valence-corrected chi connectivity index (χ0v) is 17.8. The molecule has 1 unspecified atom stereocenters. The number of aryl methyl sites for hydroxylation is 1. The highest BCUT2D eigenvalue weighted by Gasteiger charge is 2.54. The van der Waals surface area contributed by atoms with E-state index >= 15 is 0 Å². The van der Waals surface area contributed by atoms with Gasteiger partial charge in [-0.25, -0.2) is 4.90 Å². The lowest BCUT2D eigenvalue weighted by Crippen LogP contribution is -2.49. The van der Waals surface area contributed by atoms with Crippen molar-refractivity contribution in [3.05, 3.63) is 107 Å². The van der Waals surface area contributed by atoms with E-state index in [4.69, 9.17) is 9.47 Å². The largest absolute Gasteiger partial charge is 0.462 e. The molecule has 7 heteroatoms. The molecule has 170 valence electrons. The number of halogens is 3. The van der Waals surface area contributed by atoms with Gasteiger partial charge in [-0.2, -0.15) is 13.2 Å². The summed E-state index contributed by atoms with van der Waals surface area (Å²) < 4.78 is 51.2. The van der Waals surface area contributed by atoms with Crippen molar-refractivity contribution in [1.29, 1.82) is 0 Å². The number of esters is 1. The van der Waals surface area contributed by atoms with Crippen LogP contribution in [0.3, 0.4) is 0 Å². The standard InChI is InChI=1S/C26H22F3NO3/c1-16-7-9-19(10-8-16)24-30-21(17-5-3-2-4-6-17)15-32-25(31)22(30)23(33-24)18-11-13-20(14-12-18)26(27,28)29/h2-14,21-24H,15H2,1H3/t21-,22?,23-,24+/m1/s1. The molecule has 0 aliphatic carbocycles. The minimum atomic E-state index is -4.44. The smallest absolute Gasteiger partial charge is 0.416 e. The molecule has 4 atom stereocenters. The lowest BCUT2D eigenvalue weighted by atomic mass is 9.95.